The lowest BCUT2D eigenvalue weighted by molar-refractivity contribution is 0.0946. The monoisotopic (exact) mass is 130 g/mol. The predicted octanol–water partition coefficient (Wildman–Crippen LogP) is -0.177. The second kappa shape index (κ2) is 5.59. The Hall–Kier alpha value is -0.540. The highest BCUT2D eigenvalue weighted by Gasteiger charge is 1.93. The van der Waals surface area contributed by atoms with Gasteiger partial charge in [0.15, 0.2) is 0 Å². The molecule has 0 fully saturated rings. The summed E-state index contributed by atoms with van der Waals surface area (Å²) < 4.78 is 5.14. The Balaban J connectivity index is 3.06. The molecule has 0 aromatic heterocycles. The van der Waals surface area contributed by atoms with E-state index in [1.807, 2.05) is 6.92 Å². The van der Waals surface area contributed by atoms with Gasteiger partial charge in [0.2, 0.25) is 0 Å². The zero-order chi connectivity index (χ0) is 7.11. The van der Waals surface area contributed by atoms with Gasteiger partial charge < -0.3 is 16.2 Å². The quantitative estimate of drug-likeness (QED) is 0.555. The molecule has 0 aliphatic heterocycles. The Morgan fingerprint density at radius 3 is 2.78 bits per heavy atom. The van der Waals surface area contributed by atoms with E-state index in [1.165, 1.54) is 6.20 Å². The molecule has 0 amide bonds. The predicted molar refractivity (Wildman–Crippen MR) is 37.8 cm³/mol. The summed E-state index contributed by atoms with van der Waals surface area (Å²) in [6.07, 6.45) is 3.33. The van der Waals surface area contributed by atoms with Gasteiger partial charge in [-0.1, -0.05) is 0 Å². The number of nitrogens with two attached hydrogens (primary N) is 2. The van der Waals surface area contributed by atoms with Crippen molar-refractivity contribution in [1.82, 2.24) is 0 Å². The number of hydrogen-bond acceptors (Lipinski definition) is 3. The van der Waals surface area contributed by atoms with Crippen LogP contribution < -0.4 is 11.5 Å². The van der Waals surface area contributed by atoms with Crippen molar-refractivity contribution >= 4 is 0 Å². The zero-order valence-corrected chi connectivity index (χ0v) is 5.71. The van der Waals surface area contributed by atoms with E-state index in [0.717, 1.165) is 0 Å². The van der Waals surface area contributed by atoms with E-state index in [4.69, 9.17) is 16.2 Å². The molecule has 0 radical (unpaired) electrons. The van der Waals surface area contributed by atoms with Crippen LogP contribution in [0.15, 0.2) is 12.3 Å². The van der Waals surface area contributed by atoms with Crippen molar-refractivity contribution in [3.05, 3.63) is 12.3 Å². The van der Waals surface area contributed by atoms with Crippen LogP contribution in [0.25, 0.3) is 0 Å². The second-order valence-electron chi connectivity index (χ2n) is 1.81. The topological polar surface area (TPSA) is 61.3 Å². The lowest BCUT2D eigenvalue weighted by atomic mass is 10.4. The molecular weight excluding hydrogens is 116 g/mol. The van der Waals surface area contributed by atoms with Crippen LogP contribution in [0.2, 0.25) is 0 Å². The molecule has 0 bridgehead atoms. The molecule has 1 atom stereocenters. The molecule has 3 nitrogen and oxygen atoms in total. The third-order valence-corrected chi connectivity index (χ3v) is 0.945. The van der Waals surface area contributed by atoms with Crippen LogP contribution in [0.3, 0.4) is 0 Å². The first-order valence-corrected chi connectivity index (χ1v) is 2.99. The van der Waals surface area contributed by atoms with Crippen molar-refractivity contribution in [1.29, 1.82) is 0 Å². The van der Waals surface area contributed by atoms with Crippen molar-refractivity contribution < 1.29 is 4.74 Å². The SMILES string of the molecule is CC(CN)OCC=CN. The fourth-order valence-electron chi connectivity index (χ4n) is 0.343. The summed E-state index contributed by atoms with van der Waals surface area (Å²) in [7, 11) is 0. The first-order valence-electron chi connectivity index (χ1n) is 2.99. The van der Waals surface area contributed by atoms with Gasteiger partial charge in [-0.25, -0.2) is 0 Å². The highest BCUT2D eigenvalue weighted by molar-refractivity contribution is 4.75. The molecule has 0 rings (SSSR count). The smallest absolute Gasteiger partial charge is 0.0673 e. The van der Waals surface area contributed by atoms with Crippen molar-refractivity contribution in [3.8, 4) is 0 Å². The Morgan fingerprint density at radius 2 is 2.33 bits per heavy atom. The van der Waals surface area contributed by atoms with Gasteiger partial charge in [-0.3, -0.25) is 0 Å². The summed E-state index contributed by atoms with van der Waals surface area (Å²) in [6, 6.07) is 0. The summed E-state index contributed by atoms with van der Waals surface area (Å²) in [5.41, 5.74) is 10.3. The molecule has 4 N–H and O–H groups in total. The minimum absolute atomic E-state index is 0.126. The fourth-order valence-corrected chi connectivity index (χ4v) is 0.343. The Bertz CT molecular complexity index is 83.1. The van der Waals surface area contributed by atoms with Gasteiger partial charge in [0.05, 0.1) is 12.7 Å². The van der Waals surface area contributed by atoms with E-state index >= 15 is 0 Å². The maximum absolute atomic E-state index is 5.27. The van der Waals surface area contributed by atoms with Crippen LogP contribution >= 0.6 is 0 Å². The highest BCUT2D eigenvalue weighted by Crippen LogP contribution is 1.85. The van der Waals surface area contributed by atoms with E-state index < -0.39 is 0 Å². The largest absolute Gasteiger partial charge is 0.405 e. The Labute approximate surface area is 55.7 Å². The van der Waals surface area contributed by atoms with Crippen LogP contribution in [0.1, 0.15) is 6.92 Å². The minimum Gasteiger partial charge on any atom is -0.405 e. The van der Waals surface area contributed by atoms with E-state index in [9.17, 15) is 0 Å². The molecule has 0 aromatic rings. The van der Waals surface area contributed by atoms with Gasteiger partial charge in [0, 0.05) is 6.54 Å². The minimum atomic E-state index is 0.126. The van der Waals surface area contributed by atoms with Crippen molar-refractivity contribution in [2.75, 3.05) is 13.2 Å². The van der Waals surface area contributed by atoms with Gasteiger partial charge in [0.1, 0.15) is 0 Å². The van der Waals surface area contributed by atoms with Crippen LogP contribution in [0, 0.1) is 0 Å². The van der Waals surface area contributed by atoms with Gasteiger partial charge >= 0.3 is 0 Å². The van der Waals surface area contributed by atoms with Crippen LogP contribution in [0.5, 0.6) is 0 Å². The normalized spacial score (nSPS) is 14.4. The molecule has 9 heavy (non-hydrogen) atoms. The summed E-state index contributed by atoms with van der Waals surface area (Å²) in [5.74, 6) is 0. The van der Waals surface area contributed by atoms with Gasteiger partial charge in [-0.2, -0.15) is 0 Å². The van der Waals surface area contributed by atoms with E-state index in [-0.39, 0.29) is 6.10 Å². The summed E-state index contributed by atoms with van der Waals surface area (Å²) in [5, 5.41) is 0. The second-order valence-corrected chi connectivity index (χ2v) is 1.81. The summed E-state index contributed by atoms with van der Waals surface area (Å²) in [4.78, 5) is 0. The molecule has 3 heteroatoms. The molecule has 0 saturated carbocycles. The Kier molecular flexibility index (Phi) is 5.26. The average molecular weight is 130 g/mol. The van der Waals surface area contributed by atoms with E-state index in [0.29, 0.717) is 13.2 Å². The molecule has 0 aromatic carbocycles. The highest BCUT2D eigenvalue weighted by atomic mass is 16.5. The maximum Gasteiger partial charge on any atom is 0.0673 e. The average Bonchev–Trinajstić information content (AvgIpc) is 1.89. The third kappa shape index (κ3) is 5.33. The standard InChI is InChI=1S/C6H14N2O/c1-6(5-8)9-4-2-3-7/h2-3,6H,4-5,7-8H2,1H3. The zero-order valence-electron chi connectivity index (χ0n) is 5.71. The molecule has 0 aliphatic carbocycles. The molecule has 0 spiro atoms. The van der Waals surface area contributed by atoms with E-state index in [2.05, 4.69) is 0 Å². The molecule has 0 saturated heterocycles. The Morgan fingerprint density at radius 1 is 1.67 bits per heavy atom. The summed E-state index contributed by atoms with van der Waals surface area (Å²) in [6.45, 7) is 3.03. The number of rotatable bonds is 4. The molecular formula is C6H14N2O. The van der Waals surface area contributed by atoms with Crippen molar-refractivity contribution in [2.45, 2.75) is 13.0 Å². The van der Waals surface area contributed by atoms with Gasteiger partial charge in [-0.05, 0) is 19.2 Å². The lowest BCUT2D eigenvalue weighted by Gasteiger charge is -2.06. The molecule has 54 valence electrons. The van der Waals surface area contributed by atoms with Crippen molar-refractivity contribution in [2.24, 2.45) is 11.5 Å². The maximum atomic E-state index is 5.27. The molecule has 0 heterocycles. The van der Waals surface area contributed by atoms with Gasteiger partial charge in [-0.15, -0.1) is 0 Å². The number of hydrogen-bond donors (Lipinski definition) is 2. The fraction of sp³-hybridized carbons (Fsp3) is 0.667. The first kappa shape index (κ1) is 8.46. The van der Waals surface area contributed by atoms with Crippen LogP contribution in [0.4, 0.5) is 0 Å². The third-order valence-electron chi connectivity index (χ3n) is 0.945. The molecule has 0 aliphatic rings. The van der Waals surface area contributed by atoms with Crippen molar-refractivity contribution in [3.63, 3.8) is 0 Å². The molecule has 1 unspecified atom stereocenters. The number of ether oxygens (including phenoxy) is 1. The first-order chi connectivity index (χ1) is 4.31. The van der Waals surface area contributed by atoms with Crippen LogP contribution in [-0.4, -0.2) is 19.3 Å². The lowest BCUT2D eigenvalue weighted by Crippen LogP contribution is -2.19. The summed E-state index contributed by atoms with van der Waals surface area (Å²) >= 11 is 0. The van der Waals surface area contributed by atoms with E-state index in [1.54, 1.807) is 6.08 Å². The van der Waals surface area contributed by atoms with Gasteiger partial charge in [0.25, 0.3) is 0 Å². The van der Waals surface area contributed by atoms with Crippen LogP contribution in [-0.2, 0) is 4.74 Å².